The zero-order chi connectivity index (χ0) is 15.3. The number of ether oxygens (including phenoxy) is 1. The summed E-state index contributed by atoms with van der Waals surface area (Å²) in [6.45, 7) is 0.205. The molecule has 1 aromatic rings. The van der Waals surface area contributed by atoms with Crippen LogP contribution in [0.25, 0.3) is 0 Å². The van der Waals surface area contributed by atoms with E-state index in [2.05, 4.69) is 0 Å². The third-order valence-electron chi connectivity index (χ3n) is 3.72. The number of likely N-dealkylation sites (N-methyl/N-ethyl adjacent to an activating group) is 1. The van der Waals surface area contributed by atoms with E-state index in [1.807, 2.05) is 0 Å². The lowest BCUT2D eigenvalue weighted by Gasteiger charge is -2.26. The van der Waals surface area contributed by atoms with Crippen LogP contribution in [0.2, 0.25) is 0 Å². The molecule has 2 rings (SSSR count). The fraction of sp³-hybridized carbons (Fsp3) is 0.533. The Labute approximate surface area is 125 Å². The van der Waals surface area contributed by atoms with Crippen molar-refractivity contribution in [3.63, 3.8) is 0 Å². The standard InChI is InChI=1S/C15H21NO4S/c1-16(15(17)12-20-13-6-5-7-13)10-11-21(18,19)14-8-3-2-4-9-14/h2-4,8-9,13H,5-7,10-12H2,1H3. The SMILES string of the molecule is CN(CCS(=O)(=O)c1ccccc1)C(=O)COC1CCC1. The summed E-state index contributed by atoms with van der Waals surface area (Å²) in [7, 11) is -1.74. The van der Waals surface area contributed by atoms with Gasteiger partial charge in [0.1, 0.15) is 6.61 Å². The van der Waals surface area contributed by atoms with Crippen molar-refractivity contribution in [2.45, 2.75) is 30.3 Å². The first-order valence-electron chi connectivity index (χ1n) is 7.12. The molecule has 0 N–H and O–H groups in total. The summed E-state index contributed by atoms with van der Waals surface area (Å²) < 4.78 is 29.7. The highest BCUT2D eigenvalue weighted by molar-refractivity contribution is 7.91. The zero-order valence-corrected chi connectivity index (χ0v) is 13.0. The predicted molar refractivity (Wildman–Crippen MR) is 79.7 cm³/mol. The molecule has 0 atom stereocenters. The molecule has 0 aliphatic heterocycles. The van der Waals surface area contributed by atoms with Gasteiger partial charge in [-0.3, -0.25) is 4.79 Å². The quantitative estimate of drug-likeness (QED) is 0.765. The normalized spacial score (nSPS) is 15.5. The smallest absolute Gasteiger partial charge is 0.248 e. The van der Waals surface area contributed by atoms with Crippen LogP contribution in [-0.2, 0) is 19.4 Å². The summed E-state index contributed by atoms with van der Waals surface area (Å²) in [5, 5.41) is 0. The number of nitrogens with zero attached hydrogens (tertiary/aromatic N) is 1. The van der Waals surface area contributed by atoms with Crippen LogP contribution in [-0.4, -0.2) is 51.3 Å². The summed E-state index contributed by atoms with van der Waals surface area (Å²) in [6.07, 6.45) is 3.39. The average Bonchev–Trinajstić information content (AvgIpc) is 2.44. The second-order valence-electron chi connectivity index (χ2n) is 5.31. The van der Waals surface area contributed by atoms with Gasteiger partial charge in [0.05, 0.1) is 16.8 Å². The molecule has 0 radical (unpaired) electrons. The lowest BCUT2D eigenvalue weighted by molar-refractivity contribution is -0.138. The molecule has 1 aliphatic carbocycles. The summed E-state index contributed by atoms with van der Waals surface area (Å²) in [6, 6.07) is 8.28. The topological polar surface area (TPSA) is 63.7 Å². The highest BCUT2D eigenvalue weighted by Gasteiger charge is 2.21. The first kappa shape index (κ1) is 16.0. The van der Waals surface area contributed by atoms with E-state index < -0.39 is 9.84 Å². The molecule has 1 fully saturated rings. The van der Waals surface area contributed by atoms with Gasteiger partial charge in [0, 0.05) is 13.6 Å². The van der Waals surface area contributed by atoms with Gasteiger partial charge in [-0.1, -0.05) is 18.2 Å². The number of amides is 1. The Kier molecular flexibility index (Phi) is 5.36. The van der Waals surface area contributed by atoms with Gasteiger partial charge in [-0.15, -0.1) is 0 Å². The molecule has 0 spiro atoms. The Balaban J connectivity index is 1.79. The van der Waals surface area contributed by atoms with Crippen LogP contribution in [0.15, 0.2) is 35.2 Å². The number of hydrogen-bond donors (Lipinski definition) is 0. The van der Waals surface area contributed by atoms with Crippen LogP contribution in [0.1, 0.15) is 19.3 Å². The molecule has 0 unspecified atom stereocenters. The summed E-state index contributed by atoms with van der Waals surface area (Å²) >= 11 is 0. The molecular formula is C15H21NO4S. The Morgan fingerprint density at radius 1 is 1.29 bits per heavy atom. The first-order chi connectivity index (χ1) is 9.99. The van der Waals surface area contributed by atoms with Crippen molar-refractivity contribution in [3.05, 3.63) is 30.3 Å². The zero-order valence-electron chi connectivity index (χ0n) is 12.2. The Hall–Kier alpha value is -1.40. The summed E-state index contributed by atoms with van der Waals surface area (Å²) in [4.78, 5) is 13.6. The van der Waals surface area contributed by atoms with E-state index in [1.165, 1.54) is 4.90 Å². The highest BCUT2D eigenvalue weighted by atomic mass is 32.2. The van der Waals surface area contributed by atoms with Gasteiger partial charge in [-0.25, -0.2) is 8.42 Å². The molecule has 1 saturated carbocycles. The van der Waals surface area contributed by atoms with Crippen molar-refractivity contribution in [3.8, 4) is 0 Å². The van der Waals surface area contributed by atoms with E-state index in [4.69, 9.17) is 4.74 Å². The van der Waals surface area contributed by atoms with E-state index in [0.717, 1.165) is 19.3 Å². The first-order valence-corrected chi connectivity index (χ1v) is 8.77. The van der Waals surface area contributed by atoms with Gasteiger partial charge < -0.3 is 9.64 Å². The van der Waals surface area contributed by atoms with Gasteiger partial charge in [-0.05, 0) is 31.4 Å². The van der Waals surface area contributed by atoms with Crippen LogP contribution in [0.3, 0.4) is 0 Å². The molecule has 1 amide bonds. The molecule has 0 bridgehead atoms. The van der Waals surface area contributed by atoms with Crippen molar-refractivity contribution in [2.75, 3.05) is 26.0 Å². The third-order valence-corrected chi connectivity index (χ3v) is 5.43. The number of sulfone groups is 1. The maximum Gasteiger partial charge on any atom is 0.248 e. The fourth-order valence-electron chi connectivity index (χ4n) is 1.96. The largest absolute Gasteiger partial charge is 0.368 e. The highest BCUT2D eigenvalue weighted by Crippen LogP contribution is 2.21. The second-order valence-corrected chi connectivity index (χ2v) is 7.42. The van der Waals surface area contributed by atoms with Crippen molar-refractivity contribution < 1.29 is 17.9 Å². The number of carbonyl (C=O) groups excluding carboxylic acids is 1. The van der Waals surface area contributed by atoms with Crippen molar-refractivity contribution in [2.24, 2.45) is 0 Å². The molecule has 0 saturated heterocycles. The summed E-state index contributed by atoms with van der Waals surface area (Å²) in [5.74, 6) is -0.256. The van der Waals surface area contributed by atoms with Gasteiger partial charge >= 0.3 is 0 Å². The maximum absolute atomic E-state index is 12.1. The fourth-order valence-corrected chi connectivity index (χ4v) is 3.29. The van der Waals surface area contributed by atoms with Crippen LogP contribution in [0.4, 0.5) is 0 Å². The third kappa shape index (κ3) is 4.54. The number of benzene rings is 1. The van der Waals surface area contributed by atoms with Crippen molar-refractivity contribution in [1.82, 2.24) is 4.90 Å². The average molecular weight is 311 g/mol. The van der Waals surface area contributed by atoms with E-state index in [9.17, 15) is 13.2 Å². The van der Waals surface area contributed by atoms with Crippen LogP contribution < -0.4 is 0 Å². The van der Waals surface area contributed by atoms with Crippen molar-refractivity contribution in [1.29, 1.82) is 0 Å². The lowest BCUT2D eigenvalue weighted by atomic mass is 9.96. The minimum Gasteiger partial charge on any atom is -0.368 e. The van der Waals surface area contributed by atoms with E-state index in [1.54, 1.807) is 37.4 Å². The summed E-state index contributed by atoms with van der Waals surface area (Å²) in [5.41, 5.74) is 0. The molecule has 0 heterocycles. The van der Waals surface area contributed by atoms with E-state index in [0.29, 0.717) is 0 Å². The Bertz CT molecular complexity index is 567. The van der Waals surface area contributed by atoms with Crippen LogP contribution >= 0.6 is 0 Å². The number of carbonyl (C=O) groups is 1. The van der Waals surface area contributed by atoms with Crippen molar-refractivity contribution >= 4 is 15.7 Å². The van der Waals surface area contributed by atoms with Gasteiger partial charge in [0.25, 0.3) is 0 Å². The number of rotatable bonds is 7. The monoisotopic (exact) mass is 311 g/mol. The Morgan fingerprint density at radius 2 is 1.95 bits per heavy atom. The molecular weight excluding hydrogens is 290 g/mol. The minimum atomic E-state index is -3.35. The van der Waals surface area contributed by atoms with Gasteiger partial charge in [-0.2, -0.15) is 0 Å². The molecule has 21 heavy (non-hydrogen) atoms. The second kappa shape index (κ2) is 7.04. The lowest BCUT2D eigenvalue weighted by Crippen LogP contribution is -2.36. The van der Waals surface area contributed by atoms with E-state index >= 15 is 0 Å². The molecule has 1 aromatic carbocycles. The number of hydrogen-bond acceptors (Lipinski definition) is 4. The molecule has 116 valence electrons. The predicted octanol–water partition coefficient (Wildman–Crippen LogP) is 1.49. The van der Waals surface area contributed by atoms with Crippen LogP contribution in [0.5, 0.6) is 0 Å². The molecule has 0 aromatic heterocycles. The van der Waals surface area contributed by atoms with Crippen LogP contribution in [0, 0.1) is 0 Å². The van der Waals surface area contributed by atoms with E-state index in [-0.39, 0.29) is 35.8 Å². The Morgan fingerprint density at radius 3 is 2.52 bits per heavy atom. The molecule has 6 heteroatoms. The van der Waals surface area contributed by atoms with Gasteiger partial charge in [0.2, 0.25) is 5.91 Å². The maximum atomic E-state index is 12.1. The van der Waals surface area contributed by atoms with Gasteiger partial charge in [0.15, 0.2) is 9.84 Å². The molecule has 5 nitrogen and oxygen atoms in total. The minimum absolute atomic E-state index is 0.0343. The molecule has 1 aliphatic rings.